The van der Waals surface area contributed by atoms with Crippen LogP contribution in [0.15, 0.2) is 41.9 Å². The summed E-state index contributed by atoms with van der Waals surface area (Å²) in [5, 5.41) is 6.23. The SMILES string of the molecule is Cc1cc(Cc2ccc(-c3nccs3)cc2)c(C)c(Cl)c1OCCNC=O. The van der Waals surface area contributed by atoms with Crippen LogP contribution in [-0.2, 0) is 11.2 Å². The van der Waals surface area contributed by atoms with E-state index in [-0.39, 0.29) is 0 Å². The smallest absolute Gasteiger partial charge is 0.207 e. The molecule has 140 valence electrons. The molecular weight excluding hydrogens is 380 g/mol. The number of carbonyl (C=O) groups is 1. The molecular formula is C21H21ClN2O2S. The van der Waals surface area contributed by atoms with Crippen molar-refractivity contribution >= 4 is 29.3 Å². The second-order valence-electron chi connectivity index (χ2n) is 6.25. The monoisotopic (exact) mass is 400 g/mol. The molecule has 4 nitrogen and oxygen atoms in total. The van der Waals surface area contributed by atoms with Gasteiger partial charge in [0, 0.05) is 17.1 Å². The van der Waals surface area contributed by atoms with Crippen molar-refractivity contribution in [3.63, 3.8) is 0 Å². The van der Waals surface area contributed by atoms with Crippen LogP contribution in [0.2, 0.25) is 5.02 Å². The van der Waals surface area contributed by atoms with Gasteiger partial charge in [-0.05, 0) is 42.5 Å². The maximum atomic E-state index is 10.3. The second-order valence-corrected chi connectivity index (χ2v) is 7.52. The van der Waals surface area contributed by atoms with E-state index in [1.54, 1.807) is 11.3 Å². The Bertz CT molecular complexity index is 909. The number of aryl methyl sites for hydroxylation is 1. The minimum absolute atomic E-state index is 0.385. The van der Waals surface area contributed by atoms with E-state index in [4.69, 9.17) is 16.3 Å². The van der Waals surface area contributed by atoms with Crippen LogP contribution in [0.3, 0.4) is 0 Å². The van der Waals surface area contributed by atoms with Gasteiger partial charge in [-0.15, -0.1) is 11.3 Å². The molecule has 6 heteroatoms. The van der Waals surface area contributed by atoms with Crippen LogP contribution >= 0.6 is 22.9 Å². The summed E-state index contributed by atoms with van der Waals surface area (Å²) in [5.41, 5.74) is 5.54. The fraction of sp³-hybridized carbons (Fsp3) is 0.238. The third-order valence-electron chi connectivity index (χ3n) is 4.36. The fourth-order valence-electron chi connectivity index (χ4n) is 2.90. The number of hydrogen-bond acceptors (Lipinski definition) is 4. The molecule has 27 heavy (non-hydrogen) atoms. The minimum Gasteiger partial charge on any atom is -0.490 e. The molecule has 0 saturated heterocycles. The van der Waals surface area contributed by atoms with Gasteiger partial charge in [-0.1, -0.05) is 41.9 Å². The first-order valence-corrected chi connectivity index (χ1v) is 9.93. The lowest BCUT2D eigenvalue weighted by molar-refractivity contribution is -0.109. The molecule has 0 saturated carbocycles. The molecule has 0 aliphatic rings. The molecule has 0 unspecified atom stereocenters. The van der Waals surface area contributed by atoms with E-state index in [1.807, 2.05) is 25.4 Å². The molecule has 0 fully saturated rings. The van der Waals surface area contributed by atoms with Crippen LogP contribution in [0.1, 0.15) is 22.3 Å². The Labute approximate surface area is 168 Å². The minimum atomic E-state index is 0.385. The molecule has 3 rings (SSSR count). The van der Waals surface area contributed by atoms with Crippen LogP contribution in [0.5, 0.6) is 5.75 Å². The van der Waals surface area contributed by atoms with Gasteiger partial charge in [0.05, 0.1) is 11.6 Å². The highest BCUT2D eigenvalue weighted by molar-refractivity contribution is 7.13. The van der Waals surface area contributed by atoms with Crippen molar-refractivity contribution in [1.29, 1.82) is 0 Å². The molecule has 2 aromatic carbocycles. The number of benzene rings is 2. The van der Waals surface area contributed by atoms with E-state index in [0.29, 0.717) is 30.3 Å². The Morgan fingerprint density at radius 2 is 2.04 bits per heavy atom. The Hall–Kier alpha value is -2.37. The molecule has 0 spiro atoms. The second kappa shape index (κ2) is 9.02. The van der Waals surface area contributed by atoms with Crippen LogP contribution in [0.25, 0.3) is 10.6 Å². The van der Waals surface area contributed by atoms with Gasteiger partial charge in [0.25, 0.3) is 0 Å². The van der Waals surface area contributed by atoms with Gasteiger partial charge in [-0.3, -0.25) is 4.79 Å². The highest BCUT2D eigenvalue weighted by atomic mass is 35.5. The molecule has 1 amide bonds. The van der Waals surface area contributed by atoms with E-state index >= 15 is 0 Å². The van der Waals surface area contributed by atoms with Crippen LogP contribution in [-0.4, -0.2) is 24.5 Å². The molecule has 3 aromatic rings. The van der Waals surface area contributed by atoms with Crippen molar-refractivity contribution < 1.29 is 9.53 Å². The normalized spacial score (nSPS) is 10.6. The van der Waals surface area contributed by atoms with E-state index in [9.17, 15) is 4.79 Å². The number of thiazole rings is 1. The average molecular weight is 401 g/mol. The molecule has 0 aliphatic heterocycles. The average Bonchev–Trinajstić information content (AvgIpc) is 3.21. The fourth-order valence-corrected chi connectivity index (χ4v) is 3.87. The first-order chi connectivity index (χ1) is 13.1. The molecule has 0 radical (unpaired) electrons. The number of hydrogen-bond donors (Lipinski definition) is 1. The lowest BCUT2D eigenvalue weighted by Gasteiger charge is -2.16. The molecule has 0 bridgehead atoms. The maximum absolute atomic E-state index is 10.3. The van der Waals surface area contributed by atoms with Crippen LogP contribution < -0.4 is 10.1 Å². The summed E-state index contributed by atoms with van der Waals surface area (Å²) in [6.45, 7) is 4.84. The lowest BCUT2D eigenvalue weighted by atomic mass is 9.97. The van der Waals surface area contributed by atoms with Crippen LogP contribution in [0, 0.1) is 13.8 Å². The standard InChI is InChI=1S/C21H21ClN2O2S/c1-14-11-18(15(2)19(22)20(14)26-9-7-23-13-25)12-16-3-5-17(6-4-16)21-24-8-10-27-21/h3-6,8,10-11,13H,7,9,12H2,1-2H3,(H,23,25). The van der Waals surface area contributed by atoms with Gasteiger partial charge in [-0.25, -0.2) is 4.98 Å². The van der Waals surface area contributed by atoms with E-state index < -0.39 is 0 Å². The van der Waals surface area contributed by atoms with Crippen molar-refractivity contribution in [3.8, 4) is 16.3 Å². The van der Waals surface area contributed by atoms with Gasteiger partial charge in [-0.2, -0.15) is 0 Å². The summed E-state index contributed by atoms with van der Waals surface area (Å²) in [4.78, 5) is 14.7. The highest BCUT2D eigenvalue weighted by Crippen LogP contribution is 2.35. The first-order valence-electron chi connectivity index (χ1n) is 8.67. The zero-order valence-corrected chi connectivity index (χ0v) is 16.9. The van der Waals surface area contributed by atoms with Crippen molar-refractivity contribution in [2.75, 3.05) is 13.2 Å². The summed E-state index contributed by atoms with van der Waals surface area (Å²) in [5.74, 6) is 0.685. The quantitative estimate of drug-likeness (QED) is 0.436. The third-order valence-corrected chi connectivity index (χ3v) is 5.64. The Morgan fingerprint density at radius 1 is 1.26 bits per heavy atom. The van der Waals surface area contributed by atoms with Gasteiger partial charge in [0.15, 0.2) is 0 Å². The summed E-state index contributed by atoms with van der Waals surface area (Å²) in [6, 6.07) is 10.6. The summed E-state index contributed by atoms with van der Waals surface area (Å²) < 4.78 is 5.75. The molecule has 0 aliphatic carbocycles. The Morgan fingerprint density at radius 3 is 2.70 bits per heavy atom. The van der Waals surface area contributed by atoms with E-state index in [2.05, 4.69) is 40.6 Å². The molecule has 1 aromatic heterocycles. The number of halogens is 1. The summed E-state index contributed by atoms with van der Waals surface area (Å²) in [6.07, 6.45) is 3.28. The summed E-state index contributed by atoms with van der Waals surface area (Å²) in [7, 11) is 0. The van der Waals surface area contributed by atoms with Gasteiger partial charge < -0.3 is 10.1 Å². The number of nitrogens with one attached hydrogen (secondary N) is 1. The Balaban J connectivity index is 1.76. The van der Waals surface area contributed by atoms with E-state index in [1.165, 1.54) is 11.1 Å². The predicted molar refractivity (Wildman–Crippen MR) is 111 cm³/mol. The zero-order chi connectivity index (χ0) is 19.2. The maximum Gasteiger partial charge on any atom is 0.207 e. The largest absolute Gasteiger partial charge is 0.490 e. The molecule has 1 heterocycles. The number of carbonyl (C=O) groups excluding carboxylic acids is 1. The van der Waals surface area contributed by atoms with Crippen molar-refractivity contribution in [1.82, 2.24) is 10.3 Å². The lowest BCUT2D eigenvalue weighted by Crippen LogP contribution is -2.19. The predicted octanol–water partition coefficient (Wildman–Crippen LogP) is 4.80. The van der Waals surface area contributed by atoms with Crippen molar-refractivity contribution in [2.24, 2.45) is 0 Å². The number of rotatable bonds is 8. The van der Waals surface area contributed by atoms with Gasteiger partial charge in [0.1, 0.15) is 17.4 Å². The number of amides is 1. The number of ether oxygens (including phenoxy) is 1. The van der Waals surface area contributed by atoms with E-state index in [0.717, 1.165) is 28.1 Å². The van der Waals surface area contributed by atoms with Crippen molar-refractivity contribution in [2.45, 2.75) is 20.3 Å². The highest BCUT2D eigenvalue weighted by Gasteiger charge is 2.14. The van der Waals surface area contributed by atoms with Gasteiger partial charge >= 0.3 is 0 Å². The first kappa shape index (κ1) is 19.4. The topological polar surface area (TPSA) is 51.2 Å². The molecule has 0 atom stereocenters. The van der Waals surface area contributed by atoms with Crippen molar-refractivity contribution in [3.05, 3.63) is 69.2 Å². The third kappa shape index (κ3) is 4.67. The Kier molecular flexibility index (Phi) is 6.48. The summed E-state index contributed by atoms with van der Waals surface area (Å²) >= 11 is 8.19. The van der Waals surface area contributed by atoms with Gasteiger partial charge in [0.2, 0.25) is 6.41 Å². The number of aromatic nitrogens is 1. The number of nitrogens with zero attached hydrogens (tertiary/aromatic N) is 1. The molecule has 1 N–H and O–H groups in total. The zero-order valence-electron chi connectivity index (χ0n) is 15.3. The van der Waals surface area contributed by atoms with Crippen LogP contribution in [0.4, 0.5) is 0 Å².